The van der Waals surface area contributed by atoms with Crippen LogP contribution in [0.1, 0.15) is 72.9 Å². The first kappa shape index (κ1) is 38.4. The van der Waals surface area contributed by atoms with E-state index in [1.165, 1.54) is 12.1 Å². The number of para-hydroxylation sites is 1. The van der Waals surface area contributed by atoms with Gasteiger partial charge in [0.25, 0.3) is 5.91 Å². The fourth-order valence-electron chi connectivity index (χ4n) is 7.59. The maximum Gasteiger partial charge on any atom is 0.255 e. The molecule has 3 aromatic rings. The number of rotatable bonds is 6. The van der Waals surface area contributed by atoms with E-state index in [1.54, 1.807) is 30.3 Å². The molecule has 0 aromatic heterocycles. The van der Waals surface area contributed by atoms with E-state index < -0.39 is 58.9 Å². The second-order valence-corrected chi connectivity index (χ2v) is 14.4. The monoisotopic (exact) mass is 741 g/mol. The second kappa shape index (κ2) is 17.7. The van der Waals surface area contributed by atoms with E-state index in [0.717, 1.165) is 11.1 Å². The molecule has 3 aliphatic rings. The summed E-state index contributed by atoms with van der Waals surface area (Å²) in [6, 6.07) is 20.0. The normalized spacial score (nSPS) is 22.2. The molecule has 6 rings (SSSR count). The molecule has 5 N–H and O–H groups in total. The number of hydrogen-bond acceptors (Lipinski definition) is 7. The quantitative estimate of drug-likeness (QED) is 0.259. The molecule has 1 aliphatic carbocycles. The summed E-state index contributed by atoms with van der Waals surface area (Å²) in [4.78, 5) is 69.4. The number of amides is 5. The van der Waals surface area contributed by atoms with Gasteiger partial charge >= 0.3 is 0 Å². The largest absolute Gasteiger partial charge is 0.493 e. The zero-order valence-corrected chi connectivity index (χ0v) is 30.3. The molecule has 1 saturated heterocycles. The molecule has 0 radical (unpaired) electrons. The van der Waals surface area contributed by atoms with Crippen molar-refractivity contribution < 1.29 is 37.8 Å². The van der Waals surface area contributed by atoms with Crippen molar-refractivity contribution in [2.24, 2.45) is 0 Å². The van der Waals surface area contributed by atoms with Gasteiger partial charge in [-0.2, -0.15) is 0 Å². The van der Waals surface area contributed by atoms with Crippen molar-refractivity contribution in [2.75, 3.05) is 32.9 Å². The predicted molar refractivity (Wildman–Crippen MR) is 198 cm³/mol. The third-order valence-electron chi connectivity index (χ3n) is 10.7. The number of halogens is 1. The number of fused-ring (bicyclic) bond motifs is 1. The number of carbonyl (C=O) groups excluding carboxylic acids is 5. The Hall–Kier alpha value is -5.30. The summed E-state index contributed by atoms with van der Waals surface area (Å²) < 4.78 is 25.9. The van der Waals surface area contributed by atoms with Gasteiger partial charge in [0.1, 0.15) is 29.2 Å². The van der Waals surface area contributed by atoms with Gasteiger partial charge in [-0.05, 0) is 67.5 Å². The molecule has 0 unspecified atom stereocenters. The Morgan fingerprint density at radius 2 is 1.57 bits per heavy atom. The fraction of sp³-hybridized carbons (Fsp3) is 0.439. The Morgan fingerprint density at radius 1 is 0.833 bits per heavy atom. The van der Waals surface area contributed by atoms with Crippen LogP contribution in [0, 0.1) is 5.82 Å². The third-order valence-corrected chi connectivity index (χ3v) is 10.7. The summed E-state index contributed by atoms with van der Waals surface area (Å²) in [5.41, 5.74) is -0.207. The molecular weight excluding hydrogens is 693 g/mol. The molecule has 1 spiro atoms. The standard InChI is InChI=1S/C41H48FN5O7/c42-30-13-8-12-29(25-30)40(18-22-53-23-19-40)27-44-38(51)33-26-35(48)47-41(16-6-7-17-41)39(52)46-32(24-28-10-2-1-3-11-28)37(50)43-20-9-21-54-34-15-5-4-14-31(34)36(49)45-33/h1-5,8,10-15,25,32-33H,6-7,9,16-24,26-27H2,(H,43,50)(H,44,51)(H,45,49)(H,46,52)(H,47,48)/t32-,33-/m0/s1. The molecule has 2 atom stereocenters. The Labute approximate surface area is 314 Å². The summed E-state index contributed by atoms with van der Waals surface area (Å²) in [5.74, 6) is -2.83. The number of nitrogens with one attached hydrogen (secondary N) is 5. The molecular formula is C41H48FN5O7. The fourth-order valence-corrected chi connectivity index (χ4v) is 7.59. The molecule has 5 amide bonds. The topological polar surface area (TPSA) is 164 Å². The molecule has 2 heterocycles. The van der Waals surface area contributed by atoms with Crippen LogP contribution in [0.2, 0.25) is 0 Å². The Morgan fingerprint density at radius 3 is 2.33 bits per heavy atom. The van der Waals surface area contributed by atoms with Gasteiger partial charge in [-0.15, -0.1) is 0 Å². The highest BCUT2D eigenvalue weighted by Gasteiger charge is 2.44. The van der Waals surface area contributed by atoms with E-state index in [-0.39, 0.29) is 43.3 Å². The number of carbonyl (C=O) groups is 5. The average molecular weight is 742 g/mol. The first-order chi connectivity index (χ1) is 26.2. The van der Waals surface area contributed by atoms with E-state index >= 15 is 0 Å². The maximum atomic E-state index is 14.4. The minimum Gasteiger partial charge on any atom is -0.493 e. The van der Waals surface area contributed by atoms with E-state index in [1.807, 2.05) is 36.4 Å². The van der Waals surface area contributed by atoms with Crippen molar-refractivity contribution in [3.05, 3.63) is 101 Å². The van der Waals surface area contributed by atoms with Gasteiger partial charge in [-0.1, -0.05) is 67.4 Å². The van der Waals surface area contributed by atoms with Crippen LogP contribution in [0.5, 0.6) is 5.75 Å². The summed E-state index contributed by atoms with van der Waals surface area (Å²) in [6.07, 6.45) is 3.27. The first-order valence-electron chi connectivity index (χ1n) is 18.7. The Kier molecular flexibility index (Phi) is 12.6. The van der Waals surface area contributed by atoms with Crippen LogP contribution in [0.15, 0.2) is 78.9 Å². The zero-order valence-electron chi connectivity index (χ0n) is 30.3. The van der Waals surface area contributed by atoms with E-state index in [0.29, 0.717) is 58.2 Å². The third kappa shape index (κ3) is 9.43. The predicted octanol–water partition coefficient (Wildman–Crippen LogP) is 3.23. The highest BCUT2D eigenvalue weighted by Crippen LogP contribution is 2.35. The molecule has 286 valence electrons. The van der Waals surface area contributed by atoms with Gasteiger partial charge < -0.3 is 36.1 Å². The minimum atomic E-state index is -1.34. The SMILES string of the molecule is O=C1C[C@@H](C(=O)NCC2(c3cccc(F)c3)CCOCC2)NC(=O)c2ccccc2OCCCNC(=O)[C@H](Cc2ccccc2)NC(=O)C2(CCCC2)N1. The number of benzene rings is 3. The van der Waals surface area contributed by atoms with Crippen LogP contribution in [0.4, 0.5) is 4.39 Å². The molecule has 3 aromatic carbocycles. The van der Waals surface area contributed by atoms with Crippen molar-refractivity contribution in [2.45, 2.75) is 80.8 Å². The van der Waals surface area contributed by atoms with Crippen LogP contribution < -0.4 is 31.3 Å². The van der Waals surface area contributed by atoms with E-state index in [4.69, 9.17) is 9.47 Å². The van der Waals surface area contributed by atoms with Crippen molar-refractivity contribution in [3.8, 4) is 5.75 Å². The molecule has 2 aliphatic heterocycles. The number of ether oxygens (including phenoxy) is 2. The average Bonchev–Trinajstić information content (AvgIpc) is 3.66. The Bertz CT molecular complexity index is 1810. The Balaban J connectivity index is 1.27. The van der Waals surface area contributed by atoms with E-state index in [9.17, 15) is 28.4 Å². The van der Waals surface area contributed by atoms with Crippen LogP contribution in [0.25, 0.3) is 0 Å². The van der Waals surface area contributed by atoms with Crippen molar-refractivity contribution in [1.29, 1.82) is 0 Å². The van der Waals surface area contributed by atoms with E-state index in [2.05, 4.69) is 26.6 Å². The van der Waals surface area contributed by atoms with Gasteiger partial charge in [0.05, 0.1) is 18.6 Å². The molecule has 1 saturated carbocycles. The van der Waals surface area contributed by atoms with Crippen molar-refractivity contribution in [3.63, 3.8) is 0 Å². The van der Waals surface area contributed by atoms with Crippen LogP contribution in [0.3, 0.4) is 0 Å². The first-order valence-corrected chi connectivity index (χ1v) is 18.7. The summed E-state index contributed by atoms with van der Waals surface area (Å²) >= 11 is 0. The van der Waals surface area contributed by atoms with Gasteiger partial charge in [0.15, 0.2) is 0 Å². The second-order valence-electron chi connectivity index (χ2n) is 14.4. The maximum absolute atomic E-state index is 14.4. The molecule has 0 bridgehead atoms. The van der Waals surface area contributed by atoms with Gasteiger partial charge in [0.2, 0.25) is 23.6 Å². The highest BCUT2D eigenvalue weighted by atomic mass is 19.1. The summed E-state index contributed by atoms with van der Waals surface area (Å²) in [6.45, 7) is 1.38. The van der Waals surface area contributed by atoms with Gasteiger partial charge in [-0.3, -0.25) is 24.0 Å². The zero-order chi connectivity index (χ0) is 38.0. The highest BCUT2D eigenvalue weighted by molar-refractivity contribution is 6.01. The van der Waals surface area contributed by atoms with Crippen LogP contribution in [-0.2, 0) is 35.8 Å². The molecule has 13 heteroatoms. The summed E-state index contributed by atoms with van der Waals surface area (Å²) in [7, 11) is 0. The lowest BCUT2D eigenvalue weighted by molar-refractivity contribution is -0.136. The molecule has 12 nitrogen and oxygen atoms in total. The van der Waals surface area contributed by atoms with Crippen LogP contribution in [-0.4, -0.2) is 80.1 Å². The summed E-state index contributed by atoms with van der Waals surface area (Å²) in [5, 5.41) is 14.4. The van der Waals surface area contributed by atoms with Gasteiger partial charge in [0, 0.05) is 38.1 Å². The molecule has 2 fully saturated rings. The minimum absolute atomic E-state index is 0.115. The van der Waals surface area contributed by atoms with Crippen LogP contribution >= 0.6 is 0 Å². The lowest BCUT2D eigenvalue weighted by Gasteiger charge is -2.38. The lowest BCUT2D eigenvalue weighted by Crippen LogP contribution is -2.62. The molecule has 54 heavy (non-hydrogen) atoms. The lowest BCUT2D eigenvalue weighted by atomic mass is 9.74. The number of hydrogen-bond donors (Lipinski definition) is 5. The van der Waals surface area contributed by atoms with Crippen molar-refractivity contribution >= 4 is 29.5 Å². The smallest absolute Gasteiger partial charge is 0.255 e. The van der Waals surface area contributed by atoms with Crippen molar-refractivity contribution in [1.82, 2.24) is 26.6 Å². The van der Waals surface area contributed by atoms with Gasteiger partial charge in [-0.25, -0.2) is 4.39 Å².